The highest BCUT2D eigenvalue weighted by molar-refractivity contribution is 7.99. The lowest BCUT2D eigenvalue weighted by Gasteiger charge is -2.15. The van der Waals surface area contributed by atoms with Crippen molar-refractivity contribution in [3.05, 3.63) is 53.9 Å². The van der Waals surface area contributed by atoms with E-state index in [0.29, 0.717) is 6.04 Å². The van der Waals surface area contributed by atoms with E-state index in [9.17, 15) is 0 Å². The topological polar surface area (TPSA) is 37.8 Å². The zero-order chi connectivity index (χ0) is 12.8. The van der Waals surface area contributed by atoms with E-state index in [2.05, 4.69) is 46.5 Å². The Kier molecular flexibility index (Phi) is 4.73. The van der Waals surface area contributed by atoms with Gasteiger partial charge in [-0.25, -0.2) is 9.97 Å². The van der Waals surface area contributed by atoms with Gasteiger partial charge < -0.3 is 5.32 Å². The van der Waals surface area contributed by atoms with Crippen LogP contribution in [0.5, 0.6) is 0 Å². The molecule has 2 aromatic rings. The number of benzene rings is 1. The van der Waals surface area contributed by atoms with Crippen molar-refractivity contribution in [2.75, 3.05) is 12.8 Å². The quantitative estimate of drug-likeness (QED) is 0.662. The molecule has 2 rings (SSSR count). The monoisotopic (exact) mass is 259 g/mol. The van der Waals surface area contributed by atoms with Gasteiger partial charge in [0.15, 0.2) is 5.16 Å². The van der Waals surface area contributed by atoms with Crippen LogP contribution in [0.25, 0.3) is 0 Å². The van der Waals surface area contributed by atoms with Gasteiger partial charge in [-0.15, -0.1) is 0 Å². The number of thioether (sulfide) groups is 1. The molecule has 3 nitrogen and oxygen atoms in total. The van der Waals surface area contributed by atoms with Crippen LogP contribution in [0.4, 0.5) is 0 Å². The van der Waals surface area contributed by atoms with Gasteiger partial charge in [0.25, 0.3) is 0 Å². The Morgan fingerprint density at radius 1 is 1.17 bits per heavy atom. The van der Waals surface area contributed by atoms with Crippen LogP contribution in [0.15, 0.2) is 47.9 Å². The molecule has 1 atom stereocenters. The number of nitrogens with one attached hydrogen (secondary N) is 1. The lowest BCUT2D eigenvalue weighted by Crippen LogP contribution is -2.18. The van der Waals surface area contributed by atoms with Crippen molar-refractivity contribution >= 4 is 11.8 Å². The van der Waals surface area contributed by atoms with E-state index in [0.717, 1.165) is 10.9 Å². The van der Waals surface area contributed by atoms with E-state index in [-0.39, 0.29) is 0 Å². The fraction of sp³-hybridized carbons (Fsp3) is 0.286. The second kappa shape index (κ2) is 6.52. The van der Waals surface area contributed by atoms with Crippen LogP contribution in [0.1, 0.15) is 17.2 Å². The molecule has 0 fully saturated rings. The molecule has 1 N–H and O–H groups in total. The molecule has 1 aromatic carbocycles. The predicted octanol–water partition coefficient (Wildman–Crippen LogP) is 2.84. The largest absolute Gasteiger partial charge is 0.312 e. The Labute approximate surface area is 112 Å². The summed E-state index contributed by atoms with van der Waals surface area (Å²) in [5.41, 5.74) is 2.58. The third-order valence-corrected chi connectivity index (χ3v) is 3.72. The molecule has 0 spiro atoms. The second-order valence-electron chi connectivity index (χ2n) is 4.09. The van der Waals surface area contributed by atoms with Crippen molar-refractivity contribution in [3.63, 3.8) is 0 Å². The first-order valence-electron chi connectivity index (χ1n) is 5.93. The molecule has 1 unspecified atom stereocenters. The van der Waals surface area contributed by atoms with Crippen LogP contribution in [-0.2, 0) is 0 Å². The summed E-state index contributed by atoms with van der Waals surface area (Å²) in [4.78, 5) is 8.43. The molecule has 0 bridgehead atoms. The number of rotatable bonds is 5. The normalized spacial score (nSPS) is 12.3. The van der Waals surface area contributed by atoms with Crippen molar-refractivity contribution in [1.29, 1.82) is 0 Å². The molecule has 18 heavy (non-hydrogen) atoms. The number of hydrogen-bond acceptors (Lipinski definition) is 4. The average molecular weight is 259 g/mol. The van der Waals surface area contributed by atoms with Crippen LogP contribution in [0.3, 0.4) is 0 Å². The molecule has 0 amide bonds. The second-order valence-corrected chi connectivity index (χ2v) is 5.08. The van der Waals surface area contributed by atoms with E-state index >= 15 is 0 Å². The van der Waals surface area contributed by atoms with Gasteiger partial charge in [0.2, 0.25) is 0 Å². The van der Waals surface area contributed by atoms with Gasteiger partial charge in [-0.3, -0.25) is 0 Å². The van der Waals surface area contributed by atoms with Crippen LogP contribution < -0.4 is 5.32 Å². The highest BCUT2D eigenvalue weighted by atomic mass is 32.2. The zero-order valence-corrected chi connectivity index (χ0v) is 11.4. The number of aromatic nitrogens is 2. The van der Waals surface area contributed by atoms with Gasteiger partial charge in [-0.1, -0.05) is 41.6 Å². The summed E-state index contributed by atoms with van der Waals surface area (Å²) in [6.07, 6.45) is 3.55. The average Bonchev–Trinajstić information content (AvgIpc) is 2.42. The molecule has 1 heterocycles. The smallest absolute Gasteiger partial charge is 0.187 e. The third kappa shape index (κ3) is 3.55. The maximum atomic E-state index is 4.22. The molecule has 0 aliphatic rings. The summed E-state index contributed by atoms with van der Waals surface area (Å²) < 4.78 is 0. The van der Waals surface area contributed by atoms with Gasteiger partial charge in [-0.2, -0.15) is 0 Å². The highest BCUT2D eigenvalue weighted by Crippen LogP contribution is 2.21. The Morgan fingerprint density at radius 3 is 2.44 bits per heavy atom. The Bertz CT molecular complexity index is 470. The highest BCUT2D eigenvalue weighted by Gasteiger charge is 2.10. The molecule has 1 aromatic heterocycles. The lowest BCUT2D eigenvalue weighted by atomic mass is 10.1. The zero-order valence-electron chi connectivity index (χ0n) is 10.6. The van der Waals surface area contributed by atoms with Crippen LogP contribution in [-0.4, -0.2) is 22.8 Å². The SMILES string of the molecule is CNC(CSc1ncccn1)c1ccc(C)cc1. The van der Waals surface area contributed by atoms with E-state index < -0.39 is 0 Å². The summed E-state index contributed by atoms with van der Waals surface area (Å²) in [5.74, 6) is 0.920. The van der Waals surface area contributed by atoms with Crippen molar-refractivity contribution in [3.8, 4) is 0 Å². The summed E-state index contributed by atoms with van der Waals surface area (Å²) in [6, 6.07) is 10.8. The van der Waals surface area contributed by atoms with Crippen molar-refractivity contribution in [1.82, 2.24) is 15.3 Å². The van der Waals surface area contributed by atoms with Crippen molar-refractivity contribution in [2.24, 2.45) is 0 Å². The molecule has 0 aliphatic carbocycles. The molecule has 0 aliphatic heterocycles. The van der Waals surface area contributed by atoms with Crippen molar-refractivity contribution in [2.45, 2.75) is 18.1 Å². The molecular weight excluding hydrogens is 242 g/mol. The fourth-order valence-corrected chi connectivity index (χ4v) is 2.61. The maximum Gasteiger partial charge on any atom is 0.187 e. The van der Waals surface area contributed by atoms with Crippen LogP contribution >= 0.6 is 11.8 Å². The van der Waals surface area contributed by atoms with Gasteiger partial charge in [-0.05, 0) is 25.6 Å². The molecule has 0 radical (unpaired) electrons. The number of nitrogens with zero attached hydrogens (tertiary/aromatic N) is 2. The third-order valence-electron chi connectivity index (χ3n) is 2.75. The van der Waals surface area contributed by atoms with Gasteiger partial charge in [0.05, 0.1) is 0 Å². The summed E-state index contributed by atoms with van der Waals surface area (Å²) in [7, 11) is 1.98. The van der Waals surface area contributed by atoms with Gasteiger partial charge >= 0.3 is 0 Å². The molecule has 0 saturated heterocycles. The van der Waals surface area contributed by atoms with E-state index in [4.69, 9.17) is 0 Å². The van der Waals surface area contributed by atoms with E-state index in [1.807, 2.05) is 13.1 Å². The van der Waals surface area contributed by atoms with Crippen molar-refractivity contribution < 1.29 is 0 Å². The Balaban J connectivity index is 1.99. The standard InChI is InChI=1S/C14H17N3S/c1-11-4-6-12(7-5-11)13(15-2)10-18-14-16-8-3-9-17-14/h3-9,13,15H,10H2,1-2H3. The van der Waals surface area contributed by atoms with E-state index in [1.54, 1.807) is 24.2 Å². The molecule has 0 saturated carbocycles. The van der Waals surface area contributed by atoms with Gasteiger partial charge in [0.1, 0.15) is 0 Å². The number of hydrogen-bond donors (Lipinski definition) is 1. The summed E-state index contributed by atoms with van der Waals surface area (Å²) in [6.45, 7) is 2.10. The minimum Gasteiger partial charge on any atom is -0.312 e. The summed E-state index contributed by atoms with van der Waals surface area (Å²) in [5, 5.41) is 4.16. The van der Waals surface area contributed by atoms with E-state index in [1.165, 1.54) is 11.1 Å². The first kappa shape index (κ1) is 13.1. The Hall–Kier alpha value is -1.39. The minimum atomic E-state index is 0.319. The Morgan fingerprint density at radius 2 is 1.83 bits per heavy atom. The predicted molar refractivity (Wildman–Crippen MR) is 75.7 cm³/mol. The first-order chi connectivity index (χ1) is 8.79. The van der Waals surface area contributed by atoms with Gasteiger partial charge in [0, 0.05) is 24.2 Å². The fourth-order valence-electron chi connectivity index (χ4n) is 1.66. The van der Waals surface area contributed by atoms with Crippen LogP contribution in [0, 0.1) is 6.92 Å². The number of aryl methyl sites for hydroxylation is 1. The summed E-state index contributed by atoms with van der Waals surface area (Å²) >= 11 is 1.67. The first-order valence-corrected chi connectivity index (χ1v) is 6.92. The maximum absolute atomic E-state index is 4.22. The van der Waals surface area contributed by atoms with Crippen LogP contribution in [0.2, 0.25) is 0 Å². The minimum absolute atomic E-state index is 0.319. The lowest BCUT2D eigenvalue weighted by molar-refractivity contribution is 0.660. The molecule has 94 valence electrons. The molecular formula is C14H17N3S. The molecule has 4 heteroatoms.